The molecule has 0 fully saturated rings. The zero-order valence-electron chi connectivity index (χ0n) is 20.6. The number of amides is 1. The Kier molecular flexibility index (Phi) is 9.36. The van der Waals surface area contributed by atoms with Crippen LogP contribution >= 0.6 is 0 Å². The van der Waals surface area contributed by atoms with Crippen LogP contribution in [0.1, 0.15) is 40.6 Å². The summed E-state index contributed by atoms with van der Waals surface area (Å²) in [5.41, 5.74) is 1.93. The number of alkyl halides is 3. The molecule has 192 valence electrons. The monoisotopic (exact) mass is 500 g/mol. The van der Waals surface area contributed by atoms with E-state index in [4.69, 9.17) is 9.47 Å². The molecule has 3 aromatic rings. The molecular weight excluding hydrogens is 469 g/mol. The summed E-state index contributed by atoms with van der Waals surface area (Å²) in [6, 6.07) is 20.1. The predicted octanol–water partition coefficient (Wildman–Crippen LogP) is 5.52. The minimum absolute atomic E-state index is 0.109. The van der Waals surface area contributed by atoms with Crippen LogP contribution in [0.4, 0.5) is 13.2 Å². The van der Waals surface area contributed by atoms with Gasteiger partial charge in [-0.05, 0) is 53.8 Å². The second-order valence-electron chi connectivity index (χ2n) is 8.39. The Bertz CT molecular complexity index is 1120. The summed E-state index contributed by atoms with van der Waals surface area (Å²) in [6.45, 7) is 0.371. The van der Waals surface area contributed by atoms with Crippen LogP contribution in [0.25, 0.3) is 0 Å². The maximum atomic E-state index is 12.9. The van der Waals surface area contributed by atoms with Gasteiger partial charge in [-0.15, -0.1) is 0 Å². The molecule has 2 N–H and O–H groups in total. The zero-order valence-corrected chi connectivity index (χ0v) is 20.6. The Morgan fingerprint density at radius 3 is 2.14 bits per heavy atom. The van der Waals surface area contributed by atoms with Crippen molar-refractivity contribution in [1.29, 1.82) is 0 Å². The van der Waals surface area contributed by atoms with E-state index in [0.717, 1.165) is 28.8 Å². The van der Waals surface area contributed by atoms with Crippen LogP contribution in [0, 0.1) is 0 Å². The van der Waals surface area contributed by atoms with Crippen molar-refractivity contribution in [3.63, 3.8) is 0 Å². The summed E-state index contributed by atoms with van der Waals surface area (Å²) in [5, 5.41) is 6.24. The average molecular weight is 501 g/mol. The van der Waals surface area contributed by atoms with Crippen LogP contribution in [0.3, 0.4) is 0 Å². The van der Waals surface area contributed by atoms with Gasteiger partial charge in [0, 0.05) is 19.6 Å². The molecular formula is C28H31F3N2O3. The highest BCUT2D eigenvalue weighted by Crippen LogP contribution is 2.33. The fourth-order valence-corrected chi connectivity index (χ4v) is 4.11. The summed E-state index contributed by atoms with van der Waals surface area (Å²) in [7, 11) is 4.73. The summed E-state index contributed by atoms with van der Waals surface area (Å²) >= 11 is 0. The van der Waals surface area contributed by atoms with E-state index < -0.39 is 17.7 Å². The van der Waals surface area contributed by atoms with Crippen molar-refractivity contribution in [2.45, 2.75) is 31.0 Å². The fourth-order valence-electron chi connectivity index (χ4n) is 4.11. The van der Waals surface area contributed by atoms with E-state index in [0.29, 0.717) is 30.9 Å². The molecule has 2 atom stereocenters. The number of hydrogen-bond acceptors (Lipinski definition) is 4. The van der Waals surface area contributed by atoms with Gasteiger partial charge in [-0.1, -0.05) is 48.5 Å². The number of carbonyl (C=O) groups excluding carboxylic acids is 1. The largest absolute Gasteiger partial charge is 0.493 e. The number of halogens is 3. The van der Waals surface area contributed by atoms with E-state index >= 15 is 0 Å². The minimum Gasteiger partial charge on any atom is -0.493 e. The van der Waals surface area contributed by atoms with Crippen LogP contribution in [-0.4, -0.2) is 33.7 Å². The molecule has 0 aliphatic carbocycles. The molecule has 0 radical (unpaired) electrons. The van der Waals surface area contributed by atoms with Crippen molar-refractivity contribution in [3.05, 3.63) is 95.1 Å². The summed E-state index contributed by atoms with van der Waals surface area (Å²) in [4.78, 5) is 12.7. The molecule has 0 bridgehead atoms. The van der Waals surface area contributed by atoms with E-state index in [9.17, 15) is 18.0 Å². The number of carbonyl (C=O) groups is 1. The Morgan fingerprint density at radius 1 is 0.889 bits per heavy atom. The summed E-state index contributed by atoms with van der Waals surface area (Å²) in [6.07, 6.45) is -3.23. The van der Waals surface area contributed by atoms with Crippen LogP contribution < -0.4 is 20.1 Å². The lowest BCUT2D eigenvalue weighted by Crippen LogP contribution is -2.35. The van der Waals surface area contributed by atoms with E-state index in [1.54, 1.807) is 21.3 Å². The van der Waals surface area contributed by atoms with Gasteiger partial charge in [0.1, 0.15) is 0 Å². The van der Waals surface area contributed by atoms with E-state index in [-0.39, 0.29) is 11.9 Å². The second kappa shape index (κ2) is 12.4. The molecule has 0 heterocycles. The SMILES string of the molecule is CNC(=O)[C@@H](CNC(CCc1ccc(C(F)(F)F)cc1)c1ccc(OC)c(OC)c1)c1ccccc1. The van der Waals surface area contributed by atoms with E-state index in [1.165, 1.54) is 12.1 Å². The van der Waals surface area contributed by atoms with Gasteiger partial charge >= 0.3 is 6.18 Å². The highest BCUT2D eigenvalue weighted by atomic mass is 19.4. The molecule has 3 aromatic carbocycles. The third-order valence-corrected chi connectivity index (χ3v) is 6.15. The molecule has 0 aliphatic rings. The van der Waals surface area contributed by atoms with Gasteiger partial charge < -0.3 is 20.1 Å². The van der Waals surface area contributed by atoms with Crippen LogP contribution in [-0.2, 0) is 17.4 Å². The number of nitrogens with one attached hydrogen (secondary N) is 2. The minimum atomic E-state index is -4.37. The Morgan fingerprint density at radius 2 is 1.56 bits per heavy atom. The van der Waals surface area contributed by atoms with Gasteiger partial charge in [0.05, 0.1) is 25.7 Å². The van der Waals surface area contributed by atoms with Gasteiger partial charge in [0.15, 0.2) is 11.5 Å². The first-order valence-corrected chi connectivity index (χ1v) is 11.6. The lowest BCUT2D eigenvalue weighted by molar-refractivity contribution is -0.137. The quantitative estimate of drug-likeness (QED) is 0.364. The molecule has 36 heavy (non-hydrogen) atoms. The standard InChI is InChI=1S/C28H31F3N2O3/c1-32-27(34)23(20-7-5-4-6-8-20)18-33-24(21-12-16-25(35-2)26(17-21)36-3)15-11-19-9-13-22(14-10-19)28(29,30)31/h4-10,12-14,16-17,23-24,33H,11,15,18H2,1-3H3,(H,32,34)/t23-,24?/m0/s1. The van der Waals surface area contributed by atoms with Crippen LogP contribution in [0.5, 0.6) is 11.5 Å². The first-order valence-electron chi connectivity index (χ1n) is 11.6. The van der Waals surface area contributed by atoms with E-state index in [1.807, 2.05) is 48.5 Å². The van der Waals surface area contributed by atoms with Gasteiger partial charge in [-0.25, -0.2) is 0 Å². The first kappa shape index (κ1) is 27.1. The van der Waals surface area contributed by atoms with Crippen molar-refractivity contribution >= 4 is 5.91 Å². The third-order valence-electron chi connectivity index (χ3n) is 6.15. The maximum Gasteiger partial charge on any atom is 0.416 e. The third kappa shape index (κ3) is 7.01. The number of hydrogen-bond donors (Lipinski definition) is 2. The molecule has 0 saturated heterocycles. The molecule has 1 unspecified atom stereocenters. The highest BCUT2D eigenvalue weighted by Gasteiger charge is 2.30. The predicted molar refractivity (Wildman–Crippen MR) is 133 cm³/mol. The molecule has 0 saturated carbocycles. The number of rotatable bonds is 11. The lowest BCUT2D eigenvalue weighted by atomic mass is 9.95. The van der Waals surface area contributed by atoms with Crippen LogP contribution in [0.2, 0.25) is 0 Å². The number of benzene rings is 3. The van der Waals surface area contributed by atoms with Gasteiger partial charge in [0.25, 0.3) is 0 Å². The van der Waals surface area contributed by atoms with Crippen molar-refractivity contribution in [3.8, 4) is 11.5 Å². The van der Waals surface area contributed by atoms with Crippen molar-refractivity contribution in [2.24, 2.45) is 0 Å². The zero-order chi connectivity index (χ0) is 26.1. The van der Waals surface area contributed by atoms with Gasteiger partial charge in [-0.2, -0.15) is 13.2 Å². The van der Waals surface area contributed by atoms with Gasteiger partial charge in [-0.3, -0.25) is 4.79 Å². The van der Waals surface area contributed by atoms with Crippen molar-refractivity contribution < 1.29 is 27.4 Å². The first-order chi connectivity index (χ1) is 17.3. The summed E-state index contributed by atoms with van der Waals surface area (Å²) in [5.74, 6) is 0.643. The highest BCUT2D eigenvalue weighted by molar-refractivity contribution is 5.83. The van der Waals surface area contributed by atoms with Crippen molar-refractivity contribution in [1.82, 2.24) is 10.6 Å². The number of likely N-dealkylation sites (N-methyl/N-ethyl adjacent to an activating group) is 1. The fraction of sp³-hybridized carbons (Fsp3) is 0.321. The van der Waals surface area contributed by atoms with Crippen molar-refractivity contribution in [2.75, 3.05) is 27.8 Å². The number of aryl methyl sites for hydroxylation is 1. The van der Waals surface area contributed by atoms with Crippen LogP contribution in [0.15, 0.2) is 72.8 Å². The number of methoxy groups -OCH3 is 2. The molecule has 0 spiro atoms. The topological polar surface area (TPSA) is 59.6 Å². The molecule has 5 nitrogen and oxygen atoms in total. The Labute approximate surface area is 209 Å². The Balaban J connectivity index is 1.83. The smallest absolute Gasteiger partial charge is 0.416 e. The average Bonchev–Trinajstić information content (AvgIpc) is 2.90. The molecule has 0 aromatic heterocycles. The molecule has 0 aliphatic heterocycles. The lowest BCUT2D eigenvalue weighted by Gasteiger charge is -2.24. The second-order valence-corrected chi connectivity index (χ2v) is 8.39. The van der Waals surface area contributed by atoms with E-state index in [2.05, 4.69) is 10.6 Å². The molecule has 8 heteroatoms. The maximum absolute atomic E-state index is 12.9. The molecule has 3 rings (SSSR count). The van der Waals surface area contributed by atoms with Gasteiger partial charge in [0.2, 0.25) is 5.91 Å². The number of ether oxygens (including phenoxy) is 2. The normalized spacial score (nSPS) is 13.1. The molecule has 1 amide bonds. The summed E-state index contributed by atoms with van der Waals surface area (Å²) < 4.78 is 49.6. The Hall–Kier alpha value is -3.52.